The minimum atomic E-state index is 0.240. The molecule has 23 heavy (non-hydrogen) atoms. The van der Waals surface area contributed by atoms with Gasteiger partial charge in [-0.1, -0.05) is 29.8 Å². The molecule has 1 fully saturated rings. The van der Waals surface area contributed by atoms with Crippen molar-refractivity contribution in [3.63, 3.8) is 0 Å². The fourth-order valence-electron chi connectivity index (χ4n) is 2.92. The molecule has 1 aliphatic heterocycles. The van der Waals surface area contributed by atoms with Crippen molar-refractivity contribution in [1.29, 1.82) is 0 Å². The van der Waals surface area contributed by atoms with Gasteiger partial charge in [0.05, 0.1) is 17.6 Å². The lowest BCUT2D eigenvalue weighted by atomic mass is 10.1. The summed E-state index contributed by atoms with van der Waals surface area (Å²) in [5, 5.41) is 2.10. The number of hydrogen-bond donors (Lipinski definition) is 0. The molecule has 1 aromatic heterocycles. The predicted molar refractivity (Wildman–Crippen MR) is 93.5 cm³/mol. The van der Waals surface area contributed by atoms with Gasteiger partial charge in [-0.15, -0.1) is 11.3 Å². The Morgan fingerprint density at radius 2 is 2.00 bits per heavy atom. The summed E-state index contributed by atoms with van der Waals surface area (Å²) in [6.45, 7) is 6.59. The van der Waals surface area contributed by atoms with Crippen LogP contribution in [0.4, 0.5) is 0 Å². The third kappa shape index (κ3) is 4.62. The van der Waals surface area contributed by atoms with E-state index in [1.54, 1.807) is 11.3 Å². The van der Waals surface area contributed by atoms with Gasteiger partial charge < -0.3 is 4.90 Å². The Labute approximate surface area is 141 Å². The first-order valence-corrected chi connectivity index (χ1v) is 9.08. The number of rotatable bonds is 4. The Kier molecular flexibility index (Phi) is 5.41. The maximum Gasteiger partial charge on any atom is 0.227 e. The molecule has 0 saturated carbocycles. The topological polar surface area (TPSA) is 36.4 Å². The summed E-state index contributed by atoms with van der Waals surface area (Å²) in [5.41, 5.74) is 5.34. The first-order valence-electron chi connectivity index (χ1n) is 8.13. The normalized spacial score (nSPS) is 16.3. The SMILES string of the molecule is Cc1ccc(CC(=O)N2CCCN(Cc3cscn3)CC2)cc1. The van der Waals surface area contributed by atoms with Gasteiger partial charge in [-0.3, -0.25) is 9.69 Å². The number of carbonyl (C=O) groups excluding carboxylic acids is 1. The van der Waals surface area contributed by atoms with Crippen molar-refractivity contribution in [3.05, 3.63) is 52.0 Å². The van der Waals surface area contributed by atoms with Gasteiger partial charge in [0.25, 0.3) is 0 Å². The second kappa shape index (κ2) is 7.70. The van der Waals surface area contributed by atoms with Gasteiger partial charge in [-0.25, -0.2) is 4.98 Å². The number of thiazole rings is 1. The summed E-state index contributed by atoms with van der Waals surface area (Å²) in [7, 11) is 0. The second-order valence-corrected chi connectivity index (χ2v) is 6.87. The molecule has 2 heterocycles. The van der Waals surface area contributed by atoms with Crippen molar-refractivity contribution < 1.29 is 4.79 Å². The molecule has 4 nitrogen and oxygen atoms in total. The Morgan fingerprint density at radius 3 is 2.74 bits per heavy atom. The third-order valence-electron chi connectivity index (χ3n) is 4.29. The van der Waals surface area contributed by atoms with Gasteiger partial charge in [0, 0.05) is 38.1 Å². The molecule has 3 rings (SSSR count). The van der Waals surface area contributed by atoms with Crippen molar-refractivity contribution in [1.82, 2.24) is 14.8 Å². The van der Waals surface area contributed by atoms with E-state index in [1.807, 2.05) is 10.4 Å². The fourth-order valence-corrected chi connectivity index (χ4v) is 3.47. The molecular weight excluding hydrogens is 306 g/mol. The van der Waals surface area contributed by atoms with Crippen LogP contribution in [0.25, 0.3) is 0 Å². The molecule has 1 aromatic carbocycles. The van der Waals surface area contributed by atoms with E-state index in [1.165, 1.54) is 5.56 Å². The highest BCUT2D eigenvalue weighted by Crippen LogP contribution is 2.11. The summed E-state index contributed by atoms with van der Waals surface area (Å²) in [5.74, 6) is 0.240. The molecule has 5 heteroatoms. The van der Waals surface area contributed by atoms with Crippen LogP contribution < -0.4 is 0 Å². The highest BCUT2D eigenvalue weighted by molar-refractivity contribution is 7.07. The maximum atomic E-state index is 12.5. The van der Waals surface area contributed by atoms with Gasteiger partial charge >= 0.3 is 0 Å². The zero-order valence-corrected chi connectivity index (χ0v) is 14.4. The number of nitrogens with zero attached hydrogens (tertiary/aromatic N) is 3. The van der Waals surface area contributed by atoms with Gasteiger partial charge in [0.2, 0.25) is 5.91 Å². The molecule has 122 valence electrons. The number of aromatic nitrogens is 1. The number of aryl methyl sites for hydroxylation is 1. The van der Waals surface area contributed by atoms with Gasteiger partial charge in [0.15, 0.2) is 0 Å². The van der Waals surface area contributed by atoms with E-state index in [4.69, 9.17) is 0 Å². The van der Waals surface area contributed by atoms with E-state index in [-0.39, 0.29) is 5.91 Å². The lowest BCUT2D eigenvalue weighted by Crippen LogP contribution is -2.36. The van der Waals surface area contributed by atoms with Crippen molar-refractivity contribution in [3.8, 4) is 0 Å². The molecule has 0 radical (unpaired) electrons. The average molecular weight is 329 g/mol. The lowest BCUT2D eigenvalue weighted by molar-refractivity contribution is -0.130. The Morgan fingerprint density at radius 1 is 1.17 bits per heavy atom. The highest BCUT2D eigenvalue weighted by Gasteiger charge is 2.19. The Hall–Kier alpha value is -1.72. The van der Waals surface area contributed by atoms with Gasteiger partial charge in [-0.2, -0.15) is 0 Å². The standard InChI is InChI=1S/C18H23N3OS/c1-15-3-5-16(6-4-15)11-18(22)21-8-2-7-20(9-10-21)12-17-13-23-14-19-17/h3-6,13-14H,2,7-12H2,1H3. The van der Waals surface area contributed by atoms with Crippen LogP contribution in [0, 0.1) is 6.92 Å². The van der Waals surface area contributed by atoms with Crippen molar-refractivity contribution in [2.45, 2.75) is 26.3 Å². The van der Waals surface area contributed by atoms with Crippen LogP contribution in [0.3, 0.4) is 0 Å². The largest absolute Gasteiger partial charge is 0.341 e. The second-order valence-electron chi connectivity index (χ2n) is 6.15. The molecule has 1 amide bonds. The van der Waals surface area contributed by atoms with E-state index < -0.39 is 0 Å². The van der Waals surface area contributed by atoms with Gasteiger partial charge in [0.1, 0.15) is 0 Å². The van der Waals surface area contributed by atoms with Crippen molar-refractivity contribution >= 4 is 17.2 Å². The molecule has 0 unspecified atom stereocenters. The molecule has 2 aromatic rings. The predicted octanol–water partition coefficient (Wildman–Crippen LogP) is 2.73. The summed E-state index contributed by atoms with van der Waals surface area (Å²) in [6.07, 6.45) is 1.54. The molecule has 0 N–H and O–H groups in total. The molecule has 1 aliphatic rings. The van der Waals surface area contributed by atoms with E-state index in [0.29, 0.717) is 6.42 Å². The summed E-state index contributed by atoms with van der Waals surface area (Å²) in [6, 6.07) is 8.25. The van der Waals surface area contributed by atoms with Crippen molar-refractivity contribution in [2.75, 3.05) is 26.2 Å². The zero-order valence-electron chi connectivity index (χ0n) is 13.6. The first-order chi connectivity index (χ1) is 11.2. The van der Waals surface area contributed by atoms with Crippen LogP contribution in [0.1, 0.15) is 23.2 Å². The quantitative estimate of drug-likeness (QED) is 0.865. The summed E-state index contributed by atoms with van der Waals surface area (Å²) in [4.78, 5) is 21.3. The molecule has 0 atom stereocenters. The molecule has 0 bridgehead atoms. The fraction of sp³-hybridized carbons (Fsp3) is 0.444. The van der Waals surface area contributed by atoms with Crippen LogP contribution in [0.5, 0.6) is 0 Å². The minimum Gasteiger partial charge on any atom is -0.341 e. The smallest absolute Gasteiger partial charge is 0.227 e. The van der Waals surface area contributed by atoms with Crippen LogP contribution in [-0.4, -0.2) is 46.9 Å². The van der Waals surface area contributed by atoms with Crippen LogP contribution >= 0.6 is 11.3 Å². The number of benzene rings is 1. The minimum absolute atomic E-state index is 0.240. The molecular formula is C18H23N3OS. The molecule has 0 spiro atoms. The molecule has 0 aliphatic carbocycles. The molecule has 1 saturated heterocycles. The van der Waals surface area contributed by atoms with Crippen LogP contribution in [0.2, 0.25) is 0 Å². The number of amides is 1. The summed E-state index contributed by atoms with van der Waals surface area (Å²) >= 11 is 1.64. The summed E-state index contributed by atoms with van der Waals surface area (Å²) < 4.78 is 0. The number of hydrogen-bond acceptors (Lipinski definition) is 4. The highest BCUT2D eigenvalue weighted by atomic mass is 32.1. The zero-order chi connectivity index (χ0) is 16.1. The van der Waals surface area contributed by atoms with E-state index >= 15 is 0 Å². The Balaban J connectivity index is 1.52. The monoisotopic (exact) mass is 329 g/mol. The number of carbonyl (C=O) groups is 1. The first kappa shape index (κ1) is 16.1. The van der Waals surface area contributed by atoms with Crippen LogP contribution in [-0.2, 0) is 17.8 Å². The van der Waals surface area contributed by atoms with Crippen molar-refractivity contribution in [2.24, 2.45) is 0 Å². The van der Waals surface area contributed by atoms with E-state index in [0.717, 1.165) is 50.4 Å². The average Bonchev–Trinajstić information content (AvgIpc) is 2.94. The van der Waals surface area contributed by atoms with E-state index in [9.17, 15) is 4.79 Å². The van der Waals surface area contributed by atoms with E-state index in [2.05, 4.69) is 46.5 Å². The lowest BCUT2D eigenvalue weighted by Gasteiger charge is -2.21. The van der Waals surface area contributed by atoms with Crippen LogP contribution in [0.15, 0.2) is 35.2 Å². The third-order valence-corrected chi connectivity index (χ3v) is 4.92. The van der Waals surface area contributed by atoms with Gasteiger partial charge in [-0.05, 0) is 18.9 Å². The Bertz CT molecular complexity index is 624. The maximum absolute atomic E-state index is 12.5.